The van der Waals surface area contributed by atoms with Gasteiger partial charge in [0.2, 0.25) is 0 Å². The molecule has 0 aliphatic carbocycles. The zero-order valence-electron chi connectivity index (χ0n) is 21.7. The molecule has 0 saturated carbocycles. The lowest BCUT2D eigenvalue weighted by Crippen LogP contribution is -2.36. The summed E-state index contributed by atoms with van der Waals surface area (Å²) in [5, 5.41) is 25.0. The van der Waals surface area contributed by atoms with Gasteiger partial charge in [0.15, 0.2) is 6.10 Å². The molecule has 0 aliphatic rings. The van der Waals surface area contributed by atoms with Crippen LogP contribution < -0.4 is 14.8 Å². The molecule has 4 rings (SSSR count). The normalized spacial score (nSPS) is 12.4. The number of carboxylic acid groups (broad SMARTS) is 1. The van der Waals surface area contributed by atoms with Crippen LogP contribution in [0.5, 0.6) is 11.5 Å². The maximum atomic E-state index is 12.6. The van der Waals surface area contributed by atoms with Crippen LogP contribution in [0.25, 0.3) is 22.5 Å². The minimum atomic E-state index is -4.89. The van der Waals surface area contributed by atoms with E-state index >= 15 is 0 Å². The summed E-state index contributed by atoms with van der Waals surface area (Å²) in [6.45, 7) is -0.476. The number of halogens is 6. The van der Waals surface area contributed by atoms with Gasteiger partial charge in [0.25, 0.3) is 5.91 Å². The molecule has 0 aliphatic heterocycles. The van der Waals surface area contributed by atoms with E-state index in [1.165, 1.54) is 41.1 Å². The molecular formula is C28H21F6N3O6. The lowest BCUT2D eigenvalue weighted by Gasteiger charge is -2.12. The summed E-state index contributed by atoms with van der Waals surface area (Å²) in [5.41, 5.74) is 2.29. The molecule has 4 aromatic rings. The predicted octanol–water partition coefficient (Wildman–Crippen LogP) is 5.24. The van der Waals surface area contributed by atoms with Gasteiger partial charge in [0.1, 0.15) is 11.5 Å². The van der Waals surface area contributed by atoms with E-state index < -0.39 is 48.7 Å². The van der Waals surface area contributed by atoms with E-state index in [1.807, 2.05) is 0 Å². The standard InChI is InChI=1S/C28H21F6N3O6/c29-27(30,31)42-20-8-4-17(5-9-20)22-13-23(18-6-10-21(11-7-18)43-28(32,33)34)37(36-22)15-16-2-1-3-19(12-16)25(39)35-14-24(38)26(40)41/h1-13,24,38H,14-15H2,(H,35,39)(H,40,41). The van der Waals surface area contributed by atoms with E-state index in [-0.39, 0.29) is 12.1 Å². The Kier molecular flexibility index (Phi) is 8.94. The third-order valence-electron chi connectivity index (χ3n) is 5.81. The van der Waals surface area contributed by atoms with Crippen molar-refractivity contribution in [3.8, 4) is 34.0 Å². The molecule has 1 heterocycles. The van der Waals surface area contributed by atoms with Crippen LogP contribution in [0.1, 0.15) is 15.9 Å². The first-order valence-electron chi connectivity index (χ1n) is 12.2. The van der Waals surface area contributed by atoms with Crippen molar-refractivity contribution < 1.29 is 55.6 Å². The smallest absolute Gasteiger partial charge is 0.479 e. The predicted molar refractivity (Wildman–Crippen MR) is 138 cm³/mol. The van der Waals surface area contributed by atoms with E-state index in [0.717, 1.165) is 24.3 Å². The van der Waals surface area contributed by atoms with Gasteiger partial charge < -0.3 is 25.0 Å². The Balaban J connectivity index is 1.65. The van der Waals surface area contributed by atoms with Crippen LogP contribution in [0.15, 0.2) is 78.9 Å². The molecule has 43 heavy (non-hydrogen) atoms. The average Bonchev–Trinajstić information content (AvgIpc) is 3.34. The summed E-state index contributed by atoms with van der Waals surface area (Å²) in [6.07, 6.45) is -11.6. The van der Waals surface area contributed by atoms with Crippen LogP contribution >= 0.6 is 0 Å². The van der Waals surface area contributed by atoms with Crippen LogP contribution in [0.4, 0.5) is 26.3 Å². The molecule has 0 bridgehead atoms. The second kappa shape index (κ2) is 12.4. The first-order chi connectivity index (χ1) is 20.2. The number of aliphatic carboxylic acids is 1. The lowest BCUT2D eigenvalue weighted by molar-refractivity contribution is -0.275. The molecule has 1 atom stereocenters. The zero-order chi connectivity index (χ0) is 31.4. The van der Waals surface area contributed by atoms with Crippen LogP contribution in [0, 0.1) is 0 Å². The number of nitrogens with zero attached hydrogens (tertiary/aromatic N) is 2. The van der Waals surface area contributed by atoms with Gasteiger partial charge in [-0.1, -0.05) is 12.1 Å². The number of rotatable bonds is 10. The Hall–Kier alpha value is -5.05. The Morgan fingerprint density at radius 1 is 0.837 bits per heavy atom. The highest BCUT2D eigenvalue weighted by molar-refractivity contribution is 5.94. The number of alkyl halides is 6. The van der Waals surface area contributed by atoms with Crippen molar-refractivity contribution in [3.05, 3.63) is 90.0 Å². The third-order valence-corrected chi connectivity index (χ3v) is 5.81. The Morgan fingerprint density at radius 2 is 1.40 bits per heavy atom. The fourth-order valence-corrected chi connectivity index (χ4v) is 3.93. The second-order valence-corrected chi connectivity index (χ2v) is 8.98. The molecule has 1 aromatic heterocycles. The van der Waals surface area contributed by atoms with Gasteiger partial charge in [0.05, 0.1) is 24.5 Å². The number of hydrogen-bond acceptors (Lipinski definition) is 6. The van der Waals surface area contributed by atoms with Crippen molar-refractivity contribution in [1.29, 1.82) is 0 Å². The summed E-state index contributed by atoms with van der Waals surface area (Å²) in [6, 6.07) is 17.7. The number of aliphatic hydroxyl groups is 1. The number of aliphatic hydroxyl groups excluding tert-OH is 1. The van der Waals surface area contributed by atoms with Gasteiger partial charge in [0, 0.05) is 16.7 Å². The third kappa shape index (κ3) is 8.72. The molecule has 0 fully saturated rings. The van der Waals surface area contributed by atoms with Gasteiger partial charge in [-0.3, -0.25) is 9.48 Å². The number of amides is 1. The highest BCUT2D eigenvalue weighted by Crippen LogP contribution is 2.31. The summed E-state index contributed by atoms with van der Waals surface area (Å²) < 4.78 is 84.8. The highest BCUT2D eigenvalue weighted by Gasteiger charge is 2.32. The monoisotopic (exact) mass is 609 g/mol. The van der Waals surface area contributed by atoms with E-state index in [1.54, 1.807) is 18.2 Å². The van der Waals surface area contributed by atoms with Crippen LogP contribution in [0.3, 0.4) is 0 Å². The minimum Gasteiger partial charge on any atom is -0.479 e. The number of hydrogen-bond donors (Lipinski definition) is 3. The topological polar surface area (TPSA) is 123 Å². The number of nitrogens with one attached hydrogen (secondary N) is 1. The minimum absolute atomic E-state index is 0.0459. The molecule has 0 radical (unpaired) electrons. The van der Waals surface area contributed by atoms with Crippen LogP contribution in [-0.2, 0) is 11.3 Å². The van der Waals surface area contributed by atoms with E-state index in [2.05, 4.69) is 19.9 Å². The molecule has 3 aromatic carbocycles. The quantitative estimate of drug-likeness (QED) is 0.210. The molecular weight excluding hydrogens is 588 g/mol. The van der Waals surface area contributed by atoms with Gasteiger partial charge >= 0.3 is 18.7 Å². The lowest BCUT2D eigenvalue weighted by atomic mass is 10.1. The van der Waals surface area contributed by atoms with Crippen LogP contribution in [0.2, 0.25) is 0 Å². The largest absolute Gasteiger partial charge is 0.573 e. The first kappa shape index (κ1) is 30.9. The molecule has 226 valence electrons. The summed E-state index contributed by atoms with van der Waals surface area (Å²) in [4.78, 5) is 23.3. The second-order valence-electron chi connectivity index (χ2n) is 8.98. The zero-order valence-corrected chi connectivity index (χ0v) is 21.7. The number of benzene rings is 3. The average molecular weight is 609 g/mol. The molecule has 9 nitrogen and oxygen atoms in total. The van der Waals surface area contributed by atoms with Gasteiger partial charge in [-0.2, -0.15) is 5.10 Å². The Morgan fingerprint density at radius 3 is 1.93 bits per heavy atom. The van der Waals surface area contributed by atoms with Crippen molar-refractivity contribution in [2.45, 2.75) is 25.4 Å². The van der Waals surface area contributed by atoms with E-state index in [4.69, 9.17) is 5.11 Å². The summed E-state index contributed by atoms with van der Waals surface area (Å²) >= 11 is 0. The first-order valence-corrected chi connectivity index (χ1v) is 12.2. The van der Waals surface area contributed by atoms with Crippen molar-refractivity contribution in [2.24, 2.45) is 0 Å². The Bertz CT molecular complexity index is 1580. The van der Waals surface area contributed by atoms with Gasteiger partial charge in [-0.05, 0) is 72.3 Å². The van der Waals surface area contributed by atoms with E-state index in [0.29, 0.717) is 28.1 Å². The molecule has 0 saturated heterocycles. The molecule has 15 heteroatoms. The van der Waals surface area contributed by atoms with Crippen molar-refractivity contribution in [2.75, 3.05) is 6.54 Å². The van der Waals surface area contributed by atoms with Crippen molar-refractivity contribution in [1.82, 2.24) is 15.1 Å². The number of ether oxygens (including phenoxy) is 2. The number of carbonyl (C=O) groups is 2. The Labute approximate surface area is 238 Å². The maximum absolute atomic E-state index is 12.6. The highest BCUT2D eigenvalue weighted by atomic mass is 19.4. The number of aromatic nitrogens is 2. The van der Waals surface area contributed by atoms with Crippen molar-refractivity contribution in [3.63, 3.8) is 0 Å². The number of carbonyl (C=O) groups excluding carboxylic acids is 1. The van der Waals surface area contributed by atoms with Crippen LogP contribution in [-0.4, -0.2) is 57.2 Å². The fraction of sp³-hybridized carbons (Fsp3) is 0.179. The maximum Gasteiger partial charge on any atom is 0.573 e. The SMILES string of the molecule is O=C(NCC(O)C(=O)O)c1cccc(Cn2nc(-c3ccc(OC(F)(F)F)cc3)cc2-c2ccc(OC(F)(F)F)cc2)c1. The van der Waals surface area contributed by atoms with Gasteiger partial charge in [-0.25, -0.2) is 4.79 Å². The molecule has 1 amide bonds. The summed E-state index contributed by atoms with van der Waals surface area (Å²) in [7, 11) is 0. The molecule has 1 unspecified atom stereocenters. The number of carboxylic acids is 1. The van der Waals surface area contributed by atoms with Gasteiger partial charge in [-0.15, -0.1) is 26.3 Å². The van der Waals surface area contributed by atoms with E-state index in [9.17, 15) is 41.0 Å². The van der Waals surface area contributed by atoms with Crippen molar-refractivity contribution >= 4 is 11.9 Å². The molecule has 0 spiro atoms. The molecule has 3 N–H and O–H groups in total. The summed E-state index contributed by atoms with van der Waals surface area (Å²) in [5.74, 6) is -3.04. The fourth-order valence-electron chi connectivity index (χ4n) is 3.93.